The lowest BCUT2D eigenvalue weighted by Crippen LogP contribution is -2.29. The number of ether oxygens (including phenoxy) is 2. The molecule has 0 saturated heterocycles. The molecule has 0 radical (unpaired) electrons. The summed E-state index contributed by atoms with van der Waals surface area (Å²) in [6.45, 7) is 3.62. The minimum atomic E-state index is -4.40. The molecular formula is C73H124NO8P. The summed E-state index contributed by atoms with van der Waals surface area (Å²) in [5.74, 6) is -0.835. The zero-order valence-corrected chi connectivity index (χ0v) is 54.0. The van der Waals surface area contributed by atoms with E-state index in [2.05, 4.69) is 148 Å². The topological polar surface area (TPSA) is 134 Å². The number of esters is 2. The van der Waals surface area contributed by atoms with Gasteiger partial charge >= 0.3 is 19.8 Å². The highest BCUT2D eigenvalue weighted by Gasteiger charge is 2.26. The van der Waals surface area contributed by atoms with Crippen molar-refractivity contribution in [1.29, 1.82) is 0 Å². The molecule has 9 nitrogen and oxygen atoms in total. The fourth-order valence-corrected chi connectivity index (χ4v) is 9.84. The van der Waals surface area contributed by atoms with E-state index in [1.807, 2.05) is 0 Å². The molecule has 0 aliphatic heterocycles. The molecule has 3 N–H and O–H groups in total. The normalized spacial score (nSPS) is 13.8. The summed E-state index contributed by atoms with van der Waals surface area (Å²) in [5.41, 5.74) is 5.40. The van der Waals surface area contributed by atoms with Gasteiger partial charge in [0.15, 0.2) is 6.10 Å². The van der Waals surface area contributed by atoms with Gasteiger partial charge in [0.05, 0.1) is 13.2 Å². The van der Waals surface area contributed by atoms with E-state index in [1.165, 1.54) is 135 Å². The average molecular weight is 1170 g/mol. The van der Waals surface area contributed by atoms with Gasteiger partial charge in [-0.2, -0.15) is 0 Å². The summed E-state index contributed by atoms with van der Waals surface area (Å²) in [5, 5.41) is 0. The number of hydrogen-bond donors (Lipinski definition) is 2. The third-order valence-corrected chi connectivity index (χ3v) is 15.0. The Morgan fingerprint density at radius 1 is 0.373 bits per heavy atom. The number of hydrogen-bond acceptors (Lipinski definition) is 8. The Labute approximate surface area is 510 Å². The highest BCUT2D eigenvalue weighted by Crippen LogP contribution is 2.43. The van der Waals surface area contributed by atoms with Gasteiger partial charge in [0.1, 0.15) is 6.61 Å². The maximum atomic E-state index is 12.8. The van der Waals surface area contributed by atoms with Crippen LogP contribution in [0.3, 0.4) is 0 Å². The molecule has 474 valence electrons. The molecule has 0 rings (SSSR count). The molecule has 10 heteroatoms. The van der Waals surface area contributed by atoms with E-state index in [0.29, 0.717) is 6.42 Å². The molecule has 0 heterocycles. The van der Waals surface area contributed by atoms with Gasteiger partial charge in [-0.3, -0.25) is 18.6 Å². The van der Waals surface area contributed by atoms with Crippen molar-refractivity contribution in [1.82, 2.24) is 0 Å². The van der Waals surface area contributed by atoms with Crippen LogP contribution in [0, 0.1) is 0 Å². The summed E-state index contributed by atoms with van der Waals surface area (Å²) in [6, 6.07) is 0. The standard InChI is InChI=1S/C73H124NO8P/c1-3-5-7-9-11-13-15-17-19-21-23-25-27-29-30-31-32-33-34-35-36-37-38-39-40-42-44-46-48-50-52-54-56-58-60-62-64-66-73(76)82-71(70-81-83(77,78)80-68-67-74)69-79-72(75)65-63-61-59-57-55-53-51-49-47-45-43-41-28-26-24-22-20-18-16-14-12-10-8-6-4-2/h5,7,11,13,16-19,22-25,28-30,32-33,35-36,38-39,41,71H,3-4,6,8-10,12,14-15,20-21,26-27,31,34,37,40,42-70,74H2,1-2H3,(H,77,78)/b7-5-,13-11-,18-16-,19-17-,24-22-,25-23-,30-29-,33-32-,36-35-,39-38-,41-28-. The molecule has 0 aromatic rings. The number of rotatable bonds is 62. The summed E-state index contributed by atoms with van der Waals surface area (Å²) in [4.78, 5) is 35.3. The molecule has 0 aromatic carbocycles. The van der Waals surface area contributed by atoms with Crippen LogP contribution in [0.25, 0.3) is 0 Å². The SMILES string of the molecule is CC/C=C\C/C=C\C/C=C\C/C=C\C/C=C\C/C=C\C/C=C\C/C=C\CCCCCCCCCCCCCCC(=O)OC(COC(=O)CCCCCCCCCCCC/C=C\C/C=C\C/C=C\CCCCCCC)COP(=O)(O)OCCN. The number of nitrogens with two attached hydrogens (primary N) is 1. The van der Waals surface area contributed by atoms with Crippen LogP contribution in [-0.2, 0) is 32.7 Å². The fraction of sp³-hybridized carbons (Fsp3) is 0.671. The number of carbonyl (C=O) groups excluding carboxylic acids is 2. The van der Waals surface area contributed by atoms with Crippen molar-refractivity contribution in [3.8, 4) is 0 Å². The van der Waals surface area contributed by atoms with Crippen LogP contribution in [0.4, 0.5) is 0 Å². The molecule has 0 amide bonds. The summed E-state index contributed by atoms with van der Waals surface area (Å²) < 4.78 is 33.1. The van der Waals surface area contributed by atoms with E-state index in [1.54, 1.807) is 0 Å². The van der Waals surface area contributed by atoms with E-state index in [4.69, 9.17) is 24.3 Å². The van der Waals surface area contributed by atoms with Crippen LogP contribution in [0.1, 0.15) is 284 Å². The second-order valence-corrected chi connectivity index (χ2v) is 23.4. The van der Waals surface area contributed by atoms with E-state index >= 15 is 0 Å². The Morgan fingerprint density at radius 2 is 0.663 bits per heavy atom. The second-order valence-electron chi connectivity index (χ2n) is 22.0. The van der Waals surface area contributed by atoms with Gasteiger partial charge < -0.3 is 20.1 Å². The molecule has 0 fully saturated rings. The molecule has 0 aliphatic rings. The van der Waals surface area contributed by atoms with Crippen LogP contribution in [-0.4, -0.2) is 49.3 Å². The number of allylic oxidation sites excluding steroid dienone is 22. The monoisotopic (exact) mass is 1170 g/mol. The Morgan fingerprint density at radius 3 is 0.988 bits per heavy atom. The quantitative estimate of drug-likeness (QED) is 0.0264. The number of phosphoric acid groups is 1. The fourth-order valence-electron chi connectivity index (χ4n) is 9.07. The maximum Gasteiger partial charge on any atom is 0.472 e. The van der Waals surface area contributed by atoms with Crippen molar-refractivity contribution in [2.45, 2.75) is 290 Å². The second kappa shape index (κ2) is 67.3. The molecule has 2 atom stereocenters. The predicted octanol–water partition coefficient (Wildman–Crippen LogP) is 22.1. The summed E-state index contributed by atoms with van der Waals surface area (Å²) in [7, 11) is -4.40. The van der Waals surface area contributed by atoms with Crippen molar-refractivity contribution >= 4 is 19.8 Å². The van der Waals surface area contributed by atoms with Crippen LogP contribution in [0.2, 0.25) is 0 Å². The van der Waals surface area contributed by atoms with Gasteiger partial charge in [-0.05, 0) is 116 Å². The minimum Gasteiger partial charge on any atom is -0.462 e. The first-order valence-corrected chi connectivity index (χ1v) is 35.2. The summed E-state index contributed by atoms with van der Waals surface area (Å²) in [6.07, 6.45) is 95.2. The lowest BCUT2D eigenvalue weighted by molar-refractivity contribution is -0.161. The number of unbranched alkanes of at least 4 members (excludes halogenated alkanes) is 27. The van der Waals surface area contributed by atoms with Gasteiger partial charge in [-0.25, -0.2) is 4.57 Å². The Kier molecular flexibility index (Phi) is 64.2. The molecule has 2 unspecified atom stereocenters. The van der Waals surface area contributed by atoms with Crippen molar-refractivity contribution in [3.05, 3.63) is 134 Å². The lowest BCUT2D eigenvalue weighted by Gasteiger charge is -2.19. The minimum absolute atomic E-state index is 0.0471. The highest BCUT2D eigenvalue weighted by molar-refractivity contribution is 7.47. The van der Waals surface area contributed by atoms with Crippen LogP contribution < -0.4 is 5.73 Å². The van der Waals surface area contributed by atoms with Gasteiger partial charge in [-0.15, -0.1) is 0 Å². The van der Waals surface area contributed by atoms with Gasteiger partial charge in [0.2, 0.25) is 0 Å². The van der Waals surface area contributed by atoms with Crippen molar-refractivity contribution in [2.75, 3.05) is 26.4 Å². The van der Waals surface area contributed by atoms with Crippen LogP contribution >= 0.6 is 7.82 Å². The molecular weight excluding hydrogens is 1050 g/mol. The molecule has 0 spiro atoms. The van der Waals surface area contributed by atoms with Gasteiger partial charge in [-0.1, -0.05) is 289 Å². The van der Waals surface area contributed by atoms with Gasteiger partial charge in [0, 0.05) is 19.4 Å². The van der Waals surface area contributed by atoms with Gasteiger partial charge in [0.25, 0.3) is 0 Å². The predicted molar refractivity (Wildman–Crippen MR) is 357 cm³/mol. The molecule has 83 heavy (non-hydrogen) atoms. The van der Waals surface area contributed by atoms with E-state index < -0.39 is 26.5 Å². The van der Waals surface area contributed by atoms with E-state index in [-0.39, 0.29) is 38.6 Å². The first-order valence-electron chi connectivity index (χ1n) is 33.7. The average Bonchev–Trinajstić information content (AvgIpc) is 3.49. The Bertz CT molecular complexity index is 1820. The first kappa shape index (κ1) is 79.2. The third-order valence-electron chi connectivity index (χ3n) is 14.0. The van der Waals surface area contributed by atoms with Crippen molar-refractivity contribution in [2.24, 2.45) is 5.73 Å². The largest absolute Gasteiger partial charge is 0.472 e. The Balaban J connectivity index is 3.95. The molecule has 0 bridgehead atoms. The number of phosphoric ester groups is 1. The van der Waals surface area contributed by atoms with Crippen LogP contribution in [0.5, 0.6) is 0 Å². The van der Waals surface area contributed by atoms with Crippen molar-refractivity contribution < 1.29 is 37.6 Å². The van der Waals surface area contributed by atoms with E-state index in [9.17, 15) is 19.0 Å². The maximum absolute atomic E-state index is 12.8. The number of carbonyl (C=O) groups is 2. The van der Waals surface area contributed by atoms with Crippen LogP contribution in [0.15, 0.2) is 134 Å². The molecule has 0 aromatic heterocycles. The zero-order valence-electron chi connectivity index (χ0n) is 53.1. The molecule has 0 aliphatic carbocycles. The summed E-state index contributed by atoms with van der Waals surface area (Å²) >= 11 is 0. The highest BCUT2D eigenvalue weighted by atomic mass is 31.2. The Hall–Kier alpha value is -3.85. The first-order chi connectivity index (χ1) is 40.8. The third kappa shape index (κ3) is 67.2. The molecule has 0 saturated carbocycles. The smallest absolute Gasteiger partial charge is 0.462 e. The van der Waals surface area contributed by atoms with E-state index in [0.717, 1.165) is 116 Å². The lowest BCUT2D eigenvalue weighted by atomic mass is 10.0. The zero-order chi connectivity index (χ0) is 60.1. The van der Waals surface area contributed by atoms with Crippen molar-refractivity contribution in [3.63, 3.8) is 0 Å².